The van der Waals surface area contributed by atoms with Gasteiger partial charge in [0, 0.05) is 11.5 Å². The van der Waals surface area contributed by atoms with E-state index >= 15 is 0 Å². The highest BCUT2D eigenvalue weighted by molar-refractivity contribution is 14.1. The first-order chi connectivity index (χ1) is 8.10. The van der Waals surface area contributed by atoms with Gasteiger partial charge in [-0.25, -0.2) is 9.97 Å². The van der Waals surface area contributed by atoms with Gasteiger partial charge in [-0.05, 0) is 34.2 Å². The van der Waals surface area contributed by atoms with Crippen molar-refractivity contribution in [2.45, 2.75) is 31.6 Å². The molecule has 7 heteroatoms. The fraction of sp³-hybridized carbons (Fsp3) is 0.455. The first kappa shape index (κ1) is 13.9. The summed E-state index contributed by atoms with van der Waals surface area (Å²) in [6.45, 7) is 6.05. The minimum absolute atomic E-state index is 0.161. The molecule has 18 heavy (non-hydrogen) atoms. The quantitative estimate of drug-likeness (QED) is 0.550. The monoisotopic (exact) mass is 385 g/mol. The SMILES string of the molecule is CC(C)(C)c1nc2cc(C(F)(F)Cl)ncn2c1I. The maximum atomic E-state index is 13.0. The van der Waals surface area contributed by atoms with Crippen molar-refractivity contribution < 1.29 is 8.78 Å². The summed E-state index contributed by atoms with van der Waals surface area (Å²) in [5.41, 5.74) is 0.625. The van der Waals surface area contributed by atoms with Crippen LogP contribution in [0.2, 0.25) is 0 Å². The molecule has 0 aliphatic carbocycles. The average Bonchev–Trinajstić information content (AvgIpc) is 2.54. The number of halogens is 4. The molecule has 3 nitrogen and oxygen atoms in total. The average molecular weight is 386 g/mol. The van der Waals surface area contributed by atoms with Crippen molar-refractivity contribution in [3.8, 4) is 0 Å². The van der Waals surface area contributed by atoms with E-state index in [4.69, 9.17) is 11.6 Å². The van der Waals surface area contributed by atoms with Crippen LogP contribution in [0.4, 0.5) is 8.78 Å². The highest BCUT2D eigenvalue weighted by atomic mass is 127. The van der Waals surface area contributed by atoms with Crippen molar-refractivity contribution in [3.63, 3.8) is 0 Å². The van der Waals surface area contributed by atoms with Crippen LogP contribution in [-0.4, -0.2) is 14.4 Å². The molecule has 2 heterocycles. The largest absolute Gasteiger partial charge is 0.364 e. The summed E-state index contributed by atoms with van der Waals surface area (Å²) in [7, 11) is 0. The lowest BCUT2D eigenvalue weighted by Gasteiger charge is -2.15. The van der Waals surface area contributed by atoms with E-state index in [2.05, 4.69) is 32.6 Å². The Morgan fingerprint density at radius 1 is 1.33 bits per heavy atom. The molecule has 0 radical (unpaired) electrons. The fourth-order valence-electron chi connectivity index (χ4n) is 1.55. The second-order valence-electron chi connectivity index (χ2n) is 5.00. The molecule has 2 aromatic rings. The Morgan fingerprint density at radius 3 is 2.44 bits per heavy atom. The number of hydrogen-bond donors (Lipinski definition) is 0. The van der Waals surface area contributed by atoms with Gasteiger partial charge in [-0.2, -0.15) is 8.78 Å². The Morgan fingerprint density at radius 2 is 1.94 bits per heavy atom. The van der Waals surface area contributed by atoms with Gasteiger partial charge in [0.15, 0.2) is 0 Å². The van der Waals surface area contributed by atoms with Crippen molar-refractivity contribution in [2.24, 2.45) is 0 Å². The van der Waals surface area contributed by atoms with Gasteiger partial charge in [0.2, 0.25) is 0 Å². The highest BCUT2D eigenvalue weighted by Crippen LogP contribution is 2.32. The minimum atomic E-state index is -3.47. The van der Waals surface area contributed by atoms with Crippen molar-refractivity contribution in [3.05, 3.63) is 27.5 Å². The molecule has 0 amide bonds. The van der Waals surface area contributed by atoms with Crippen molar-refractivity contribution >= 4 is 39.8 Å². The Hall–Kier alpha value is -0.500. The van der Waals surface area contributed by atoms with Gasteiger partial charge in [0.05, 0.1) is 5.69 Å². The standard InChI is InChI=1S/C11H11ClF2IN3/c1-10(2,3)8-9(15)18-5-16-6(11(12,13)14)4-7(18)17-8/h4-5H,1-3H3. The normalized spacial score (nSPS) is 13.3. The zero-order valence-electron chi connectivity index (χ0n) is 10.0. The van der Waals surface area contributed by atoms with Gasteiger partial charge in [0.25, 0.3) is 0 Å². The zero-order valence-corrected chi connectivity index (χ0v) is 12.9. The maximum Gasteiger partial charge on any atom is 0.364 e. The molecule has 0 bridgehead atoms. The molecule has 2 rings (SSSR count). The lowest BCUT2D eigenvalue weighted by molar-refractivity contribution is 0.0899. The molecule has 0 spiro atoms. The summed E-state index contributed by atoms with van der Waals surface area (Å²) in [5.74, 6) is 0. The predicted molar refractivity (Wildman–Crippen MR) is 74.2 cm³/mol. The van der Waals surface area contributed by atoms with E-state index in [1.54, 1.807) is 4.40 Å². The van der Waals surface area contributed by atoms with E-state index in [0.717, 1.165) is 9.39 Å². The Labute approximate surface area is 122 Å². The third-order valence-corrected chi connectivity index (χ3v) is 3.68. The number of hydrogen-bond acceptors (Lipinski definition) is 2. The van der Waals surface area contributed by atoms with Crippen LogP contribution in [0.3, 0.4) is 0 Å². The van der Waals surface area contributed by atoms with Crippen LogP contribution in [-0.2, 0) is 10.8 Å². The Bertz CT molecular complexity index is 599. The van der Waals surface area contributed by atoms with Gasteiger partial charge < -0.3 is 0 Å². The fourth-order valence-corrected chi connectivity index (χ4v) is 2.96. The van der Waals surface area contributed by atoms with Crippen molar-refractivity contribution in [2.75, 3.05) is 0 Å². The first-order valence-corrected chi connectivity index (χ1v) is 6.67. The Balaban J connectivity index is 2.67. The third kappa shape index (κ3) is 2.45. The molecule has 0 N–H and O–H groups in total. The van der Waals surface area contributed by atoms with E-state index in [1.807, 2.05) is 20.8 Å². The Kier molecular flexibility index (Phi) is 3.30. The van der Waals surface area contributed by atoms with Crippen LogP contribution >= 0.6 is 34.2 Å². The van der Waals surface area contributed by atoms with Crippen LogP contribution in [0.25, 0.3) is 5.65 Å². The molecule has 0 aliphatic rings. The molecule has 0 aromatic carbocycles. The number of imidazole rings is 1. The van der Waals surface area contributed by atoms with Crippen molar-refractivity contribution in [1.82, 2.24) is 14.4 Å². The van der Waals surface area contributed by atoms with Crippen LogP contribution in [0.5, 0.6) is 0 Å². The van der Waals surface area contributed by atoms with Crippen LogP contribution in [0.15, 0.2) is 12.4 Å². The summed E-state index contributed by atoms with van der Waals surface area (Å²) < 4.78 is 28.5. The lowest BCUT2D eigenvalue weighted by atomic mass is 9.93. The highest BCUT2D eigenvalue weighted by Gasteiger charge is 2.31. The third-order valence-electron chi connectivity index (χ3n) is 2.46. The van der Waals surface area contributed by atoms with E-state index in [-0.39, 0.29) is 5.41 Å². The molecule has 0 saturated carbocycles. The van der Waals surface area contributed by atoms with E-state index < -0.39 is 11.1 Å². The van der Waals surface area contributed by atoms with Gasteiger partial charge in [0.1, 0.15) is 21.4 Å². The summed E-state index contributed by atoms with van der Waals surface area (Å²) in [5, 5.41) is -3.47. The maximum absolute atomic E-state index is 13.0. The second-order valence-corrected chi connectivity index (χ2v) is 6.50. The van der Waals surface area contributed by atoms with Crippen LogP contribution in [0.1, 0.15) is 32.2 Å². The molecule has 0 saturated heterocycles. The molecule has 98 valence electrons. The molecular weight excluding hydrogens is 374 g/mol. The predicted octanol–water partition coefficient (Wildman–Crippen LogP) is 3.92. The number of nitrogens with zero attached hydrogens (tertiary/aromatic N) is 3. The van der Waals surface area contributed by atoms with E-state index in [9.17, 15) is 8.78 Å². The molecule has 0 unspecified atom stereocenters. The smallest absolute Gasteiger partial charge is 0.278 e. The van der Waals surface area contributed by atoms with E-state index in [0.29, 0.717) is 5.65 Å². The van der Waals surface area contributed by atoms with Crippen molar-refractivity contribution in [1.29, 1.82) is 0 Å². The first-order valence-electron chi connectivity index (χ1n) is 5.22. The molecule has 0 atom stereocenters. The molecule has 0 fully saturated rings. The number of alkyl halides is 3. The van der Waals surface area contributed by atoms with Gasteiger partial charge >= 0.3 is 5.38 Å². The summed E-state index contributed by atoms with van der Waals surface area (Å²) >= 11 is 7.09. The van der Waals surface area contributed by atoms with Gasteiger partial charge in [-0.3, -0.25) is 4.40 Å². The lowest BCUT2D eigenvalue weighted by Crippen LogP contribution is -2.13. The summed E-state index contributed by atoms with van der Waals surface area (Å²) in [4.78, 5) is 8.05. The summed E-state index contributed by atoms with van der Waals surface area (Å²) in [6.07, 6.45) is 1.32. The molecular formula is C11H11ClF2IN3. The topological polar surface area (TPSA) is 30.2 Å². The van der Waals surface area contributed by atoms with E-state index in [1.165, 1.54) is 12.4 Å². The van der Waals surface area contributed by atoms with Crippen LogP contribution in [0, 0.1) is 3.70 Å². The van der Waals surface area contributed by atoms with Gasteiger partial charge in [-0.15, -0.1) is 0 Å². The number of rotatable bonds is 1. The number of fused-ring (bicyclic) bond motifs is 1. The van der Waals surface area contributed by atoms with Gasteiger partial charge in [-0.1, -0.05) is 20.8 Å². The second kappa shape index (κ2) is 4.26. The molecule has 0 aliphatic heterocycles. The minimum Gasteiger partial charge on any atom is -0.278 e. The zero-order chi connectivity index (χ0) is 13.7. The summed E-state index contributed by atoms with van der Waals surface area (Å²) in [6, 6.07) is 1.21. The van der Waals surface area contributed by atoms with Crippen LogP contribution < -0.4 is 0 Å². The molecule has 2 aromatic heterocycles. The number of aromatic nitrogens is 3.